The Morgan fingerprint density at radius 2 is 1.22 bits per heavy atom. The molecule has 0 saturated heterocycles. The molecule has 0 atom stereocenters. The van der Waals surface area contributed by atoms with Crippen molar-refractivity contribution in [1.82, 2.24) is 4.57 Å². The quantitative estimate of drug-likeness (QED) is 0.152. The van der Waals surface area contributed by atoms with Crippen LogP contribution < -0.4 is 0 Å². The van der Waals surface area contributed by atoms with Crippen molar-refractivity contribution in [2.24, 2.45) is 0 Å². The summed E-state index contributed by atoms with van der Waals surface area (Å²) in [5, 5.41) is 0.791. The molecule has 2 rings (SSSR count). The Bertz CT molecular complexity index is 1470. The molecule has 0 amide bonds. The lowest BCUT2D eigenvalue weighted by molar-refractivity contribution is -0.142. The summed E-state index contributed by atoms with van der Waals surface area (Å²) in [7, 11) is -4.17. The third-order valence-electron chi connectivity index (χ3n) is 9.83. The van der Waals surface area contributed by atoms with Crippen LogP contribution in [0.15, 0.2) is 18.2 Å². The van der Waals surface area contributed by atoms with Crippen molar-refractivity contribution < 1.29 is 19.1 Å². The number of hydrogen-bond donors (Lipinski definition) is 0. The second-order valence-electron chi connectivity index (χ2n) is 15.7. The van der Waals surface area contributed by atoms with Crippen LogP contribution in [0, 0.1) is 22.9 Å². The fraction of sp³-hybridized carbons (Fsp3) is 0.641. The van der Waals surface area contributed by atoms with Crippen molar-refractivity contribution in [3.8, 4) is 22.9 Å². The van der Waals surface area contributed by atoms with Crippen LogP contribution >= 0.6 is 0 Å². The van der Waals surface area contributed by atoms with Gasteiger partial charge in [-0.1, -0.05) is 101 Å². The minimum Gasteiger partial charge on any atom is -0.466 e. The highest BCUT2D eigenvalue weighted by Gasteiger charge is 2.43. The highest BCUT2D eigenvalue weighted by molar-refractivity contribution is 6.91. The van der Waals surface area contributed by atoms with Gasteiger partial charge < -0.3 is 9.47 Å². The second-order valence-corrected chi connectivity index (χ2v) is 26.8. The highest BCUT2D eigenvalue weighted by atomic mass is 28.3. The molecule has 0 bridgehead atoms. The summed E-state index contributed by atoms with van der Waals surface area (Å²) in [4.78, 5) is 27.1. The van der Waals surface area contributed by atoms with Gasteiger partial charge in [0.15, 0.2) is 0 Å². The van der Waals surface area contributed by atoms with Crippen LogP contribution in [-0.4, -0.2) is 45.0 Å². The summed E-state index contributed by atoms with van der Waals surface area (Å²) >= 11 is 0. The largest absolute Gasteiger partial charge is 0.466 e. The van der Waals surface area contributed by atoms with E-state index in [1.165, 1.54) is 0 Å². The number of ether oxygens (including phenoxy) is 2. The molecule has 0 aliphatic rings. The summed E-state index contributed by atoms with van der Waals surface area (Å²) in [6.45, 7) is 35.1. The van der Waals surface area contributed by atoms with Crippen LogP contribution in [0.2, 0.25) is 33.2 Å². The molecule has 254 valence electrons. The second kappa shape index (κ2) is 15.4. The number of rotatable bonds is 9. The number of aromatic nitrogens is 1. The molecule has 0 N–H and O–H groups in total. The SMILES string of the molecule is CCOC(=O)Cc1c(C#C[Si](C(C)C)(C(C)C)C(C)C)n(C(=O)OC(C)(C)C)c2cc(C#C[Si](C(C)C)(C(C)C)C(C)C)ccc12. The number of esters is 1. The predicted molar refractivity (Wildman–Crippen MR) is 200 cm³/mol. The number of fused-ring (bicyclic) bond motifs is 1. The molecular formula is C39H61NO4Si2. The monoisotopic (exact) mass is 663 g/mol. The van der Waals surface area contributed by atoms with Crippen LogP contribution in [0.1, 0.15) is 128 Å². The standard InChI is InChI=1S/C39H61NO4Si2/c1-17-43-37(41)25-34-33-19-18-32(20-22-45(26(2)3,27(4)5)28(6)7)24-36(33)40(38(42)44-39(14,15)16)35(34)21-23-46(29(8)9,30(10)11)31(12)13/h18-19,24,26-31H,17,25H2,1-16H3. The smallest absolute Gasteiger partial charge is 0.420 e. The Morgan fingerprint density at radius 3 is 1.63 bits per heavy atom. The van der Waals surface area contributed by atoms with Crippen molar-refractivity contribution in [2.75, 3.05) is 6.61 Å². The van der Waals surface area contributed by atoms with E-state index in [0.29, 0.717) is 50.0 Å². The van der Waals surface area contributed by atoms with E-state index in [4.69, 9.17) is 9.47 Å². The normalized spacial score (nSPS) is 12.7. The van der Waals surface area contributed by atoms with Crippen molar-refractivity contribution in [3.05, 3.63) is 35.0 Å². The van der Waals surface area contributed by atoms with Crippen molar-refractivity contribution >= 4 is 39.1 Å². The fourth-order valence-electron chi connectivity index (χ4n) is 7.81. The first kappa shape index (κ1) is 39.4. The van der Waals surface area contributed by atoms with Gasteiger partial charge in [-0.2, -0.15) is 0 Å². The molecule has 46 heavy (non-hydrogen) atoms. The van der Waals surface area contributed by atoms with Gasteiger partial charge in [-0.25, -0.2) is 9.36 Å². The fourth-order valence-corrected chi connectivity index (χ4v) is 18.2. The number of carbonyl (C=O) groups is 2. The third kappa shape index (κ3) is 8.21. The minimum absolute atomic E-state index is 0.0127. The topological polar surface area (TPSA) is 57.5 Å². The molecule has 2 aromatic rings. The van der Waals surface area contributed by atoms with Gasteiger partial charge in [0.25, 0.3) is 0 Å². The molecule has 0 fully saturated rings. The van der Waals surface area contributed by atoms with Gasteiger partial charge in [-0.3, -0.25) is 4.79 Å². The number of carbonyl (C=O) groups excluding carboxylic acids is 2. The summed E-state index contributed by atoms with van der Waals surface area (Å²) < 4.78 is 13.0. The molecule has 1 aromatic heterocycles. The number of hydrogen-bond acceptors (Lipinski definition) is 4. The first-order valence-electron chi connectivity index (χ1n) is 17.3. The van der Waals surface area contributed by atoms with Crippen molar-refractivity contribution in [2.45, 2.75) is 156 Å². The molecule has 0 spiro atoms. The van der Waals surface area contributed by atoms with E-state index in [9.17, 15) is 9.59 Å². The summed E-state index contributed by atoms with van der Waals surface area (Å²) in [6, 6.07) is 5.97. The Hall–Kier alpha value is -2.75. The van der Waals surface area contributed by atoms with E-state index in [2.05, 4.69) is 106 Å². The van der Waals surface area contributed by atoms with Gasteiger partial charge in [0, 0.05) is 16.5 Å². The van der Waals surface area contributed by atoms with Gasteiger partial charge in [0.1, 0.15) is 27.4 Å². The molecular weight excluding hydrogens is 603 g/mol. The number of nitrogens with zero attached hydrogens (tertiary/aromatic N) is 1. The summed E-state index contributed by atoms with van der Waals surface area (Å²) in [5.74, 6) is 6.73. The first-order chi connectivity index (χ1) is 21.2. The molecule has 0 aliphatic heterocycles. The van der Waals surface area contributed by atoms with Gasteiger partial charge in [-0.15, -0.1) is 11.1 Å². The van der Waals surface area contributed by atoms with E-state index in [1.807, 2.05) is 39.0 Å². The van der Waals surface area contributed by atoms with E-state index in [-0.39, 0.29) is 19.0 Å². The van der Waals surface area contributed by atoms with Gasteiger partial charge in [0.2, 0.25) is 0 Å². The van der Waals surface area contributed by atoms with Crippen LogP contribution in [0.25, 0.3) is 10.9 Å². The average Bonchev–Trinajstić information content (AvgIpc) is 3.19. The zero-order valence-corrected chi connectivity index (χ0v) is 33.7. The summed E-state index contributed by atoms with van der Waals surface area (Å²) in [6.07, 6.45) is -0.498. The van der Waals surface area contributed by atoms with Gasteiger partial charge >= 0.3 is 12.1 Å². The van der Waals surface area contributed by atoms with Crippen LogP contribution in [-0.2, 0) is 20.7 Å². The molecule has 0 unspecified atom stereocenters. The molecule has 1 aromatic carbocycles. The maximum atomic E-state index is 14.1. The highest BCUT2D eigenvalue weighted by Crippen LogP contribution is 2.42. The van der Waals surface area contributed by atoms with Crippen molar-refractivity contribution in [3.63, 3.8) is 0 Å². The predicted octanol–water partition coefficient (Wildman–Crippen LogP) is 10.7. The van der Waals surface area contributed by atoms with Crippen molar-refractivity contribution in [1.29, 1.82) is 0 Å². The van der Waals surface area contributed by atoms with E-state index in [1.54, 1.807) is 11.5 Å². The minimum atomic E-state index is -2.18. The van der Waals surface area contributed by atoms with E-state index < -0.39 is 27.8 Å². The average molecular weight is 664 g/mol. The molecule has 0 radical (unpaired) electrons. The Kier molecular flexibility index (Phi) is 13.2. The van der Waals surface area contributed by atoms with Crippen LogP contribution in [0.5, 0.6) is 0 Å². The van der Waals surface area contributed by atoms with E-state index in [0.717, 1.165) is 10.9 Å². The zero-order chi connectivity index (χ0) is 35.4. The molecule has 1 heterocycles. The van der Waals surface area contributed by atoms with Gasteiger partial charge in [-0.05, 0) is 73.1 Å². The Labute approximate surface area is 282 Å². The molecule has 0 saturated carbocycles. The zero-order valence-electron chi connectivity index (χ0n) is 31.7. The summed E-state index contributed by atoms with van der Waals surface area (Å²) in [5.41, 5.74) is 12.3. The molecule has 7 heteroatoms. The number of benzene rings is 1. The lowest BCUT2D eigenvalue weighted by Crippen LogP contribution is -2.43. The van der Waals surface area contributed by atoms with Gasteiger partial charge in [0.05, 0.1) is 18.5 Å². The van der Waals surface area contributed by atoms with Crippen LogP contribution in [0.4, 0.5) is 4.79 Å². The maximum Gasteiger partial charge on any atom is 0.420 e. The van der Waals surface area contributed by atoms with E-state index >= 15 is 0 Å². The Morgan fingerprint density at radius 1 is 0.761 bits per heavy atom. The molecule has 5 nitrogen and oxygen atoms in total. The molecule has 0 aliphatic carbocycles. The lowest BCUT2D eigenvalue weighted by Gasteiger charge is -2.38. The Balaban J connectivity index is 3.11. The first-order valence-corrected chi connectivity index (χ1v) is 21.8. The van der Waals surface area contributed by atoms with Crippen LogP contribution in [0.3, 0.4) is 0 Å². The maximum absolute atomic E-state index is 14.1. The lowest BCUT2D eigenvalue weighted by atomic mass is 10.1. The third-order valence-corrected chi connectivity index (χ3v) is 22.4.